The second-order valence-electron chi connectivity index (χ2n) is 6.30. The van der Waals surface area contributed by atoms with Crippen molar-refractivity contribution in [3.8, 4) is 0 Å². The van der Waals surface area contributed by atoms with Crippen LogP contribution in [-0.4, -0.2) is 29.3 Å². The summed E-state index contributed by atoms with van der Waals surface area (Å²) in [6.07, 6.45) is -2.34. The van der Waals surface area contributed by atoms with Gasteiger partial charge in [0.2, 0.25) is 0 Å². The summed E-state index contributed by atoms with van der Waals surface area (Å²) in [4.78, 5) is 13.0. The molecule has 3 unspecified atom stereocenters. The van der Waals surface area contributed by atoms with E-state index in [4.69, 9.17) is 0 Å². The normalized spacial score (nSPS) is 28.6. The summed E-state index contributed by atoms with van der Waals surface area (Å²) in [5.74, 6) is -2.76. The van der Waals surface area contributed by atoms with Crippen LogP contribution in [0.5, 0.6) is 0 Å². The van der Waals surface area contributed by atoms with Crippen LogP contribution in [0.15, 0.2) is 42.6 Å². The van der Waals surface area contributed by atoms with E-state index in [1.54, 1.807) is 49.6 Å². The molecule has 0 aliphatic carbocycles. The Kier molecular flexibility index (Phi) is 4.21. The highest BCUT2D eigenvalue weighted by Crippen LogP contribution is 2.45. The number of aromatic nitrogens is 2. The summed E-state index contributed by atoms with van der Waals surface area (Å²) in [6.45, 7) is 0. The topological polar surface area (TPSA) is 45.8 Å². The Morgan fingerprint density at radius 3 is 2.46 bits per heavy atom. The number of benzene rings is 1. The van der Waals surface area contributed by atoms with E-state index in [9.17, 15) is 18.0 Å². The number of rotatable bonds is 2. The van der Waals surface area contributed by atoms with Gasteiger partial charge in [-0.1, -0.05) is 18.2 Å². The molecule has 0 radical (unpaired) electrons. The molecule has 7 heteroatoms. The van der Waals surface area contributed by atoms with E-state index in [1.165, 1.54) is 0 Å². The van der Waals surface area contributed by atoms with Crippen molar-refractivity contribution in [3.63, 3.8) is 0 Å². The fourth-order valence-electron chi connectivity index (χ4n) is 3.61. The molecule has 24 heavy (non-hydrogen) atoms. The number of likely N-dealkylation sites (tertiary alicyclic amines) is 1. The number of nitrogens with zero attached hydrogens (tertiary/aromatic N) is 2. The number of para-hydroxylation sites is 1. The molecule has 1 fully saturated rings. The summed E-state index contributed by atoms with van der Waals surface area (Å²) >= 11 is 0. The van der Waals surface area contributed by atoms with Crippen molar-refractivity contribution in [2.24, 2.45) is 5.92 Å². The van der Waals surface area contributed by atoms with Gasteiger partial charge in [-0.3, -0.25) is 5.10 Å². The standard InChI is InChI=1S/C17H19F3N3O/c1-23(12-6-3-2-4-7-12)15(14-10-11-21-22-14)9-5-8-13(16(23)24)17(18,19)20/h2-4,6-7,10-11,13,15H,5,8-9H2,1H3,(H,21,22)/q+1. The molecule has 1 amide bonds. The maximum Gasteiger partial charge on any atom is 0.404 e. The molecule has 0 saturated carbocycles. The summed E-state index contributed by atoms with van der Waals surface area (Å²) in [6, 6.07) is 9.98. The van der Waals surface area contributed by atoms with Crippen molar-refractivity contribution < 1.29 is 18.0 Å². The van der Waals surface area contributed by atoms with Crippen molar-refractivity contribution in [1.82, 2.24) is 14.7 Å². The molecule has 1 aliphatic heterocycles. The van der Waals surface area contributed by atoms with Crippen molar-refractivity contribution in [1.29, 1.82) is 0 Å². The fraction of sp³-hybridized carbons (Fsp3) is 0.412. The van der Waals surface area contributed by atoms with Gasteiger partial charge in [-0.25, -0.2) is 9.28 Å². The van der Waals surface area contributed by atoms with Gasteiger partial charge < -0.3 is 0 Å². The lowest BCUT2D eigenvalue weighted by atomic mass is 10.0. The number of hydrogen-bond acceptors (Lipinski definition) is 2. The van der Waals surface area contributed by atoms with Crippen LogP contribution >= 0.6 is 0 Å². The molecular formula is C17H19F3N3O+. The van der Waals surface area contributed by atoms with Crippen LogP contribution in [0.25, 0.3) is 0 Å². The number of nitrogens with one attached hydrogen (secondary N) is 1. The number of amides is 1. The maximum atomic E-state index is 13.4. The number of H-pyrrole nitrogens is 1. The van der Waals surface area contributed by atoms with Crippen LogP contribution in [0.4, 0.5) is 18.9 Å². The van der Waals surface area contributed by atoms with E-state index in [2.05, 4.69) is 10.2 Å². The first kappa shape index (κ1) is 16.7. The largest absolute Gasteiger partial charge is 0.404 e. The summed E-state index contributed by atoms with van der Waals surface area (Å²) < 4.78 is 39.9. The number of carbonyl (C=O) groups is 1. The molecule has 1 N–H and O–H groups in total. The fourth-order valence-corrected chi connectivity index (χ4v) is 3.61. The third-order valence-electron chi connectivity index (χ3n) is 4.92. The molecule has 3 rings (SSSR count). The minimum absolute atomic E-state index is 0.173. The lowest BCUT2D eigenvalue weighted by Crippen LogP contribution is -2.56. The number of halogens is 3. The van der Waals surface area contributed by atoms with E-state index >= 15 is 0 Å². The molecule has 1 aromatic heterocycles. The molecule has 1 saturated heterocycles. The third kappa shape index (κ3) is 2.73. The second kappa shape index (κ2) is 6.05. The summed E-state index contributed by atoms with van der Waals surface area (Å²) in [5, 5.41) is 6.75. The Hall–Kier alpha value is -2.15. The van der Waals surface area contributed by atoms with Crippen molar-refractivity contribution in [2.75, 3.05) is 7.05 Å². The Bertz CT molecular complexity index is 700. The van der Waals surface area contributed by atoms with Crippen molar-refractivity contribution >= 4 is 11.6 Å². The smallest absolute Gasteiger partial charge is 0.276 e. The molecule has 2 aromatic rings. The lowest BCUT2D eigenvalue weighted by Gasteiger charge is -2.38. The number of quaternary nitrogens is 1. The zero-order valence-electron chi connectivity index (χ0n) is 13.3. The van der Waals surface area contributed by atoms with Crippen LogP contribution in [0.3, 0.4) is 0 Å². The van der Waals surface area contributed by atoms with Gasteiger partial charge in [0, 0.05) is 12.6 Å². The third-order valence-corrected chi connectivity index (χ3v) is 4.92. The van der Waals surface area contributed by atoms with Gasteiger partial charge in [0.1, 0.15) is 11.7 Å². The molecule has 4 nitrogen and oxygen atoms in total. The number of hydrogen-bond donors (Lipinski definition) is 1. The molecular weight excluding hydrogens is 319 g/mol. The van der Waals surface area contributed by atoms with E-state index in [0.29, 0.717) is 24.2 Å². The first-order chi connectivity index (χ1) is 11.3. The summed E-state index contributed by atoms with van der Waals surface area (Å²) in [5.41, 5.74) is 1.23. The SMILES string of the molecule is C[N+]1(c2ccccc2)C(=O)C(C(F)(F)F)CCCC1c1ccn[nH]1. The molecule has 1 aromatic carbocycles. The van der Waals surface area contributed by atoms with Gasteiger partial charge in [0.25, 0.3) is 0 Å². The monoisotopic (exact) mass is 338 g/mol. The minimum atomic E-state index is -4.53. The predicted octanol–water partition coefficient (Wildman–Crippen LogP) is 3.98. The average molecular weight is 338 g/mol. The Morgan fingerprint density at radius 1 is 1.17 bits per heavy atom. The highest BCUT2D eigenvalue weighted by Gasteiger charge is 2.57. The Morgan fingerprint density at radius 2 is 1.88 bits per heavy atom. The first-order valence-corrected chi connectivity index (χ1v) is 7.87. The number of alkyl halides is 3. The Balaban J connectivity index is 2.15. The maximum absolute atomic E-state index is 13.4. The number of aromatic amines is 1. The van der Waals surface area contributed by atoms with Crippen molar-refractivity contribution in [2.45, 2.75) is 31.5 Å². The molecule has 0 bridgehead atoms. The predicted molar refractivity (Wildman–Crippen MR) is 83.9 cm³/mol. The summed E-state index contributed by atoms with van der Waals surface area (Å²) in [7, 11) is 1.58. The molecule has 0 spiro atoms. The highest BCUT2D eigenvalue weighted by molar-refractivity contribution is 5.91. The van der Waals surface area contributed by atoms with Gasteiger partial charge in [-0.05, 0) is 31.0 Å². The van der Waals surface area contributed by atoms with Crippen LogP contribution in [0.2, 0.25) is 0 Å². The van der Waals surface area contributed by atoms with E-state index < -0.39 is 28.5 Å². The van der Waals surface area contributed by atoms with Crippen LogP contribution in [-0.2, 0) is 4.79 Å². The minimum Gasteiger partial charge on any atom is -0.276 e. The van der Waals surface area contributed by atoms with Gasteiger partial charge in [0.15, 0.2) is 5.92 Å². The Labute approximate surface area is 137 Å². The lowest BCUT2D eigenvalue weighted by molar-refractivity contribution is -0.188. The average Bonchev–Trinajstić information content (AvgIpc) is 3.03. The van der Waals surface area contributed by atoms with E-state index in [0.717, 1.165) is 0 Å². The van der Waals surface area contributed by atoms with E-state index in [-0.39, 0.29) is 6.42 Å². The molecule has 3 atom stereocenters. The van der Waals surface area contributed by atoms with Crippen molar-refractivity contribution in [3.05, 3.63) is 48.3 Å². The zero-order chi connectivity index (χ0) is 17.4. The quantitative estimate of drug-likeness (QED) is 0.842. The second-order valence-corrected chi connectivity index (χ2v) is 6.30. The molecule has 1 aliphatic rings. The number of carbonyl (C=O) groups excluding carboxylic acids is 1. The zero-order valence-corrected chi connectivity index (χ0v) is 13.3. The van der Waals surface area contributed by atoms with Crippen LogP contribution in [0, 0.1) is 5.92 Å². The van der Waals surface area contributed by atoms with Gasteiger partial charge in [-0.15, -0.1) is 0 Å². The highest BCUT2D eigenvalue weighted by atomic mass is 19.4. The van der Waals surface area contributed by atoms with E-state index in [1.807, 2.05) is 0 Å². The first-order valence-electron chi connectivity index (χ1n) is 7.87. The van der Waals surface area contributed by atoms with Gasteiger partial charge in [-0.2, -0.15) is 18.3 Å². The molecule has 128 valence electrons. The van der Waals surface area contributed by atoms with Gasteiger partial charge in [0.05, 0.1) is 12.7 Å². The molecule has 2 heterocycles. The van der Waals surface area contributed by atoms with Crippen LogP contribution in [0.1, 0.15) is 31.0 Å². The van der Waals surface area contributed by atoms with Crippen LogP contribution < -0.4 is 4.48 Å². The van der Waals surface area contributed by atoms with Gasteiger partial charge >= 0.3 is 12.1 Å².